The van der Waals surface area contributed by atoms with Crippen molar-refractivity contribution in [2.24, 2.45) is 23.7 Å². The number of aliphatic hydroxyl groups excluding tert-OH is 16. The van der Waals surface area contributed by atoms with E-state index in [9.17, 15) is 91.3 Å². The molecule has 4 aliphatic carbocycles. The number of carbonyl (C=O) groups is 2. The van der Waals surface area contributed by atoms with E-state index in [0.29, 0.717) is 44.9 Å². The van der Waals surface area contributed by atoms with Gasteiger partial charge in [-0.15, -0.1) is 0 Å². The van der Waals surface area contributed by atoms with E-state index in [1.807, 2.05) is 0 Å². The number of hydrogen-bond donors (Lipinski definition) is 16. The Morgan fingerprint density at radius 1 is 0.461 bits per heavy atom. The number of aliphatic hydroxyl groups is 16. The normalized spacial score (nSPS) is 49.3. The molecular formula is C58H92O31. The molecule has 30 unspecified atom stereocenters. The molecule has 5 heterocycles. The van der Waals surface area contributed by atoms with E-state index in [1.165, 1.54) is 26.4 Å². The summed E-state index contributed by atoms with van der Waals surface area (Å²) in [6, 6.07) is 0. The van der Waals surface area contributed by atoms with Crippen molar-refractivity contribution in [1.82, 2.24) is 0 Å². The van der Waals surface area contributed by atoms with Crippen LogP contribution in [0.4, 0.5) is 0 Å². The Labute approximate surface area is 513 Å². The van der Waals surface area contributed by atoms with Crippen LogP contribution in [0.1, 0.15) is 77.0 Å². The Morgan fingerprint density at radius 3 is 1.66 bits per heavy atom. The van der Waals surface area contributed by atoms with Crippen LogP contribution in [-0.4, -0.2) is 318 Å². The summed E-state index contributed by atoms with van der Waals surface area (Å²) in [4.78, 5) is 27.0. The highest BCUT2D eigenvalue weighted by Gasteiger charge is 2.57. The fraction of sp³-hybridized carbons (Fsp3) is 0.897. The zero-order chi connectivity index (χ0) is 64.1. The van der Waals surface area contributed by atoms with Crippen molar-refractivity contribution in [1.29, 1.82) is 0 Å². The van der Waals surface area contributed by atoms with Gasteiger partial charge in [0.05, 0.1) is 80.9 Å². The smallest absolute Gasteiger partial charge is 0.330 e. The average molecular weight is 1290 g/mol. The highest BCUT2D eigenvalue weighted by molar-refractivity contribution is 5.82. The molecule has 0 aromatic rings. The second kappa shape index (κ2) is 31.7. The van der Waals surface area contributed by atoms with Crippen molar-refractivity contribution in [2.75, 3.05) is 40.6 Å². The standard InChI is InChI=1S/C58H92O31/c1-77-34-13-24(14-35(78-2)43(34)68)6-12-41(66)88-53-42(67)31(64)21-80-57(53)89-54-49(74)46(71)39(22-79-40(65)11-5-23-3-8-27(9-4-23)81-55-50(75)47(72)44(69)37(19-59)85-55)87-58(54)84-36-18-28-32(82-52(36)25-7-10-29(62)30(63)15-25)16-26(61)17-33(28)83-56-51(76)48(73)45(70)38(20-60)86-56/h5-6,11-12,23-39,42-64,67-76H,3-4,7-10,13-22H2,1-2H3. The van der Waals surface area contributed by atoms with Gasteiger partial charge in [-0.25, -0.2) is 9.59 Å². The van der Waals surface area contributed by atoms with E-state index in [2.05, 4.69) is 0 Å². The molecule has 9 rings (SSSR count). The van der Waals surface area contributed by atoms with Gasteiger partial charge in [0.1, 0.15) is 98.2 Å². The predicted molar refractivity (Wildman–Crippen MR) is 292 cm³/mol. The van der Waals surface area contributed by atoms with Gasteiger partial charge in [0.2, 0.25) is 0 Å². The van der Waals surface area contributed by atoms with Crippen LogP contribution < -0.4 is 0 Å². The number of carbonyl (C=O) groups excluding carboxylic acids is 2. The maximum absolute atomic E-state index is 13.6. The molecule has 0 radical (unpaired) electrons. The van der Waals surface area contributed by atoms with Crippen LogP contribution in [0.2, 0.25) is 0 Å². The fourth-order valence-corrected chi connectivity index (χ4v) is 14.0. The lowest BCUT2D eigenvalue weighted by molar-refractivity contribution is -0.373. The first-order valence-electron chi connectivity index (χ1n) is 30.9. The van der Waals surface area contributed by atoms with E-state index in [0.717, 1.165) is 6.08 Å². The van der Waals surface area contributed by atoms with E-state index in [-0.39, 0.29) is 43.9 Å². The van der Waals surface area contributed by atoms with E-state index in [1.54, 1.807) is 6.08 Å². The molecule has 4 saturated carbocycles. The van der Waals surface area contributed by atoms with Crippen LogP contribution in [0, 0.1) is 23.7 Å². The third-order valence-electron chi connectivity index (χ3n) is 19.3. The lowest BCUT2D eigenvalue weighted by atomic mass is 9.72. The van der Waals surface area contributed by atoms with Crippen molar-refractivity contribution in [3.8, 4) is 0 Å². The monoisotopic (exact) mass is 1280 g/mol. The Balaban J connectivity index is 0.941. The number of fused-ring (bicyclic) bond motifs is 1. The molecule has 16 N–H and O–H groups in total. The molecule has 5 saturated heterocycles. The second-order valence-electron chi connectivity index (χ2n) is 25.2. The lowest BCUT2D eigenvalue weighted by Crippen LogP contribution is -2.65. The van der Waals surface area contributed by atoms with Gasteiger partial charge in [-0.1, -0.05) is 12.2 Å². The molecule has 31 nitrogen and oxygen atoms in total. The quantitative estimate of drug-likeness (QED) is 0.0398. The topological polar surface area (TPSA) is 478 Å². The summed E-state index contributed by atoms with van der Waals surface area (Å²) in [5, 5.41) is 172. The van der Waals surface area contributed by atoms with Gasteiger partial charge >= 0.3 is 11.9 Å². The molecule has 0 bridgehead atoms. The minimum Gasteiger partial charge on any atom is -0.460 e. The van der Waals surface area contributed by atoms with Gasteiger partial charge < -0.3 is 143 Å². The number of ether oxygens (including phenoxy) is 13. The highest BCUT2D eigenvalue weighted by Crippen LogP contribution is 2.46. The van der Waals surface area contributed by atoms with Gasteiger partial charge in [0, 0.05) is 38.7 Å². The first kappa shape index (κ1) is 70.7. The first-order valence-corrected chi connectivity index (χ1v) is 30.9. The third kappa shape index (κ3) is 16.7. The zero-order valence-corrected chi connectivity index (χ0v) is 49.5. The largest absolute Gasteiger partial charge is 0.460 e. The van der Waals surface area contributed by atoms with Crippen LogP contribution in [0.5, 0.6) is 0 Å². The van der Waals surface area contributed by atoms with Crippen LogP contribution in [0.15, 0.2) is 24.3 Å². The maximum Gasteiger partial charge on any atom is 0.330 e. The number of methoxy groups -OCH3 is 2. The Morgan fingerprint density at radius 2 is 1.04 bits per heavy atom. The minimum atomic E-state index is -2.03. The summed E-state index contributed by atoms with van der Waals surface area (Å²) in [5.74, 6) is -3.69. The van der Waals surface area contributed by atoms with Crippen LogP contribution in [-0.2, 0) is 71.2 Å². The number of esters is 2. The van der Waals surface area contributed by atoms with Crippen LogP contribution >= 0.6 is 0 Å². The van der Waals surface area contributed by atoms with E-state index >= 15 is 0 Å². The molecule has 89 heavy (non-hydrogen) atoms. The first-order chi connectivity index (χ1) is 42.5. The van der Waals surface area contributed by atoms with Crippen LogP contribution in [0.3, 0.4) is 0 Å². The third-order valence-corrected chi connectivity index (χ3v) is 19.3. The summed E-state index contributed by atoms with van der Waals surface area (Å²) in [5.41, 5.74) is 0. The fourth-order valence-electron chi connectivity index (χ4n) is 14.0. The SMILES string of the molecule is COC1CC(C=CC(=O)OC2C(OC3C(OC4CC5C(OC6OC(CO)C(O)C(O)C6O)CC(O)CC5OC4C4CCC(O)C(O)C4)OC(COC(=O)C=CC4CCC(OC5OC(CO)C(O)C(O)C5O)CC4)C(O)C3O)OCC(O)C2O)CC(OC)C1O. The molecule has 9 fully saturated rings. The van der Waals surface area contributed by atoms with Crippen molar-refractivity contribution in [2.45, 2.75) is 261 Å². The second-order valence-corrected chi connectivity index (χ2v) is 25.2. The van der Waals surface area contributed by atoms with Crippen molar-refractivity contribution >= 4 is 11.9 Å². The van der Waals surface area contributed by atoms with E-state index in [4.69, 9.17) is 61.6 Å². The van der Waals surface area contributed by atoms with Crippen molar-refractivity contribution in [3.63, 3.8) is 0 Å². The summed E-state index contributed by atoms with van der Waals surface area (Å²) in [6.07, 6.45) is -33.4. The molecule has 5 aliphatic heterocycles. The number of allylic oxidation sites excluding steroid dienone is 2. The average Bonchev–Trinajstić information content (AvgIpc) is 1.14. The molecule has 30 atom stereocenters. The molecule has 0 aromatic heterocycles. The summed E-state index contributed by atoms with van der Waals surface area (Å²) in [6.45, 7) is -2.66. The minimum absolute atomic E-state index is 0.00687. The van der Waals surface area contributed by atoms with Gasteiger partial charge in [-0.05, 0) is 88.4 Å². The van der Waals surface area contributed by atoms with Gasteiger partial charge in [-0.2, -0.15) is 0 Å². The van der Waals surface area contributed by atoms with Gasteiger partial charge in [0.25, 0.3) is 0 Å². The Bertz CT molecular complexity index is 2260. The summed E-state index contributed by atoms with van der Waals surface area (Å²) < 4.78 is 77.8. The summed E-state index contributed by atoms with van der Waals surface area (Å²) in [7, 11) is 2.86. The zero-order valence-electron chi connectivity index (χ0n) is 49.5. The molecular weight excluding hydrogens is 1190 g/mol. The van der Waals surface area contributed by atoms with Crippen molar-refractivity contribution in [3.05, 3.63) is 24.3 Å². The van der Waals surface area contributed by atoms with Crippen LogP contribution in [0.25, 0.3) is 0 Å². The number of hydrogen-bond acceptors (Lipinski definition) is 31. The highest BCUT2D eigenvalue weighted by atomic mass is 16.8. The molecule has 31 heteroatoms. The van der Waals surface area contributed by atoms with Crippen molar-refractivity contribution < 1.29 is 153 Å². The molecule has 0 amide bonds. The molecule has 9 aliphatic rings. The maximum atomic E-state index is 13.6. The van der Waals surface area contributed by atoms with Gasteiger partial charge in [0.15, 0.2) is 31.3 Å². The number of rotatable bonds is 20. The molecule has 0 aromatic carbocycles. The predicted octanol–water partition coefficient (Wildman–Crippen LogP) is -6.34. The van der Waals surface area contributed by atoms with E-state index < -0.39 is 234 Å². The summed E-state index contributed by atoms with van der Waals surface area (Å²) >= 11 is 0. The molecule has 510 valence electrons. The lowest BCUT2D eigenvalue weighted by Gasteiger charge is -2.53. The Hall–Kier alpha value is -2.66. The Kier molecular flexibility index (Phi) is 25.2. The molecule has 0 spiro atoms. The van der Waals surface area contributed by atoms with Gasteiger partial charge in [-0.3, -0.25) is 0 Å².